The number of nitrogens with one attached hydrogen (secondary N) is 2. The summed E-state index contributed by atoms with van der Waals surface area (Å²) in [5.41, 5.74) is 0.169. The van der Waals surface area contributed by atoms with Gasteiger partial charge in [-0.1, -0.05) is 0 Å². The van der Waals surface area contributed by atoms with Crippen LogP contribution in [0.5, 0.6) is 0 Å². The largest absolute Gasteiger partial charge is 0.373 e. The van der Waals surface area contributed by atoms with Crippen molar-refractivity contribution in [3.05, 3.63) is 75.2 Å². The molecule has 6 nitrogen and oxygen atoms in total. The summed E-state index contributed by atoms with van der Waals surface area (Å²) in [7, 11) is 1.43. The molecule has 0 saturated carbocycles. The van der Waals surface area contributed by atoms with E-state index in [9.17, 15) is 27.2 Å². The Balaban J connectivity index is 1.73. The summed E-state index contributed by atoms with van der Waals surface area (Å²) < 4.78 is 59.5. The zero-order valence-electron chi connectivity index (χ0n) is 15.6. The Labute approximate surface area is 167 Å². The third kappa shape index (κ3) is 3.39. The van der Waals surface area contributed by atoms with Crippen LogP contribution in [-0.4, -0.2) is 29.6 Å². The Morgan fingerprint density at radius 3 is 2.43 bits per heavy atom. The molecule has 0 saturated heterocycles. The van der Waals surface area contributed by atoms with Gasteiger partial charge in [-0.2, -0.15) is 0 Å². The third-order valence-corrected chi connectivity index (χ3v) is 5.00. The number of aromatic nitrogens is 1. The van der Waals surface area contributed by atoms with Crippen LogP contribution in [0.3, 0.4) is 0 Å². The molecule has 3 aromatic rings. The number of ether oxygens (including phenoxy) is 1. The maximum Gasteiger partial charge on any atom is 0.322 e. The average Bonchev–Trinajstić information content (AvgIpc) is 2.71. The van der Waals surface area contributed by atoms with Gasteiger partial charge < -0.3 is 19.9 Å². The van der Waals surface area contributed by atoms with Gasteiger partial charge in [-0.3, -0.25) is 4.79 Å². The van der Waals surface area contributed by atoms with Crippen molar-refractivity contribution >= 4 is 22.5 Å². The van der Waals surface area contributed by atoms with Crippen LogP contribution in [0.2, 0.25) is 0 Å². The highest BCUT2D eigenvalue weighted by molar-refractivity contribution is 5.91. The molecule has 0 bridgehead atoms. The molecule has 2 N–H and O–H groups in total. The Morgan fingerprint density at radius 1 is 1.07 bits per heavy atom. The second-order valence-electron chi connectivity index (χ2n) is 6.86. The van der Waals surface area contributed by atoms with Crippen LogP contribution in [0, 0.1) is 23.3 Å². The van der Waals surface area contributed by atoms with Crippen molar-refractivity contribution < 1.29 is 27.1 Å². The zero-order valence-corrected chi connectivity index (χ0v) is 15.6. The molecule has 1 atom stereocenters. The lowest BCUT2D eigenvalue weighted by atomic mass is 9.95. The number of rotatable bonds is 2. The molecule has 0 radical (unpaired) electrons. The van der Waals surface area contributed by atoms with E-state index in [0.29, 0.717) is 11.3 Å². The van der Waals surface area contributed by atoms with Gasteiger partial charge in [0, 0.05) is 30.1 Å². The van der Waals surface area contributed by atoms with E-state index in [4.69, 9.17) is 4.74 Å². The van der Waals surface area contributed by atoms with E-state index in [-0.39, 0.29) is 29.7 Å². The summed E-state index contributed by atoms with van der Waals surface area (Å²) in [5.74, 6) is -4.47. The monoisotopic (exact) mass is 421 g/mol. The molecule has 2 aromatic carbocycles. The number of likely N-dealkylation sites (N-methyl/N-ethyl adjacent to an activating group) is 1. The first-order valence-corrected chi connectivity index (χ1v) is 8.86. The number of amides is 2. The number of nitrogens with zero attached hydrogens (tertiary/aromatic N) is 1. The van der Waals surface area contributed by atoms with Gasteiger partial charge >= 0.3 is 6.03 Å². The molecule has 156 valence electrons. The lowest BCUT2D eigenvalue weighted by Crippen LogP contribution is -2.39. The first-order valence-electron chi connectivity index (χ1n) is 8.86. The Bertz CT molecular complexity index is 1230. The minimum absolute atomic E-state index is 0.0225. The first kappa shape index (κ1) is 19.9. The summed E-state index contributed by atoms with van der Waals surface area (Å²) in [4.78, 5) is 28.8. The highest BCUT2D eigenvalue weighted by Gasteiger charge is 2.31. The van der Waals surface area contributed by atoms with Crippen molar-refractivity contribution in [3.8, 4) is 0 Å². The second kappa shape index (κ2) is 7.45. The van der Waals surface area contributed by atoms with Gasteiger partial charge in [0.1, 0.15) is 0 Å². The maximum atomic E-state index is 13.9. The highest BCUT2D eigenvalue weighted by Crippen LogP contribution is 2.33. The molecule has 0 spiro atoms. The number of pyridine rings is 1. The molecule has 30 heavy (non-hydrogen) atoms. The van der Waals surface area contributed by atoms with Gasteiger partial charge in [0.2, 0.25) is 0 Å². The Kier molecular flexibility index (Phi) is 4.94. The highest BCUT2D eigenvalue weighted by atomic mass is 19.2. The molecule has 2 heterocycles. The molecule has 1 aliphatic heterocycles. The quantitative estimate of drug-likeness (QED) is 0.618. The van der Waals surface area contributed by atoms with Crippen LogP contribution in [0.15, 0.2) is 35.1 Å². The summed E-state index contributed by atoms with van der Waals surface area (Å²) in [6.45, 7) is 0.0451. The van der Waals surface area contributed by atoms with Crippen LogP contribution in [0.1, 0.15) is 17.3 Å². The number of carbonyl (C=O) groups is 1. The van der Waals surface area contributed by atoms with Gasteiger partial charge in [0.05, 0.1) is 24.6 Å². The third-order valence-electron chi connectivity index (χ3n) is 5.00. The van der Waals surface area contributed by atoms with Gasteiger partial charge in [0.25, 0.3) is 5.56 Å². The molecule has 1 aromatic heterocycles. The summed E-state index contributed by atoms with van der Waals surface area (Å²) in [6.07, 6.45) is 0. The van der Waals surface area contributed by atoms with Gasteiger partial charge in [-0.15, -0.1) is 0 Å². The van der Waals surface area contributed by atoms with E-state index in [1.54, 1.807) is 0 Å². The van der Waals surface area contributed by atoms with E-state index in [0.717, 1.165) is 24.3 Å². The summed E-state index contributed by atoms with van der Waals surface area (Å²) in [6, 6.07) is 3.18. The number of fused-ring (bicyclic) bond motifs is 3. The minimum atomic E-state index is -1.17. The molecule has 2 amide bonds. The fourth-order valence-electron chi connectivity index (χ4n) is 3.47. The molecule has 1 aliphatic rings. The zero-order chi connectivity index (χ0) is 21.6. The topological polar surface area (TPSA) is 74.4 Å². The first-order chi connectivity index (χ1) is 14.3. The van der Waals surface area contributed by atoms with Crippen molar-refractivity contribution in [1.29, 1.82) is 0 Å². The van der Waals surface area contributed by atoms with E-state index < -0.39 is 40.9 Å². The van der Waals surface area contributed by atoms with Gasteiger partial charge in [-0.05, 0) is 29.7 Å². The Hall–Kier alpha value is -3.40. The average molecular weight is 421 g/mol. The maximum absolute atomic E-state index is 13.9. The minimum Gasteiger partial charge on any atom is -0.373 e. The van der Waals surface area contributed by atoms with E-state index >= 15 is 0 Å². The number of hydrogen-bond acceptors (Lipinski definition) is 3. The molecular formula is C20H15F4N3O3. The predicted molar refractivity (Wildman–Crippen MR) is 100 cm³/mol. The van der Waals surface area contributed by atoms with Crippen molar-refractivity contribution in [2.24, 2.45) is 0 Å². The molecule has 4 rings (SSSR count). The molecule has 0 unspecified atom stereocenters. The smallest absolute Gasteiger partial charge is 0.322 e. The number of aromatic amines is 1. The number of halogens is 4. The van der Waals surface area contributed by atoms with E-state index in [1.807, 2.05) is 0 Å². The molecule has 0 aliphatic carbocycles. The van der Waals surface area contributed by atoms with E-state index in [2.05, 4.69) is 10.3 Å². The lowest BCUT2D eigenvalue weighted by molar-refractivity contribution is 0.0527. The summed E-state index contributed by atoms with van der Waals surface area (Å²) >= 11 is 0. The fourth-order valence-corrected chi connectivity index (χ4v) is 3.47. The lowest BCUT2D eigenvalue weighted by Gasteiger charge is -2.33. The van der Waals surface area contributed by atoms with Crippen LogP contribution in [-0.2, 0) is 11.3 Å². The summed E-state index contributed by atoms with van der Waals surface area (Å²) in [5, 5.41) is 2.54. The predicted octanol–water partition coefficient (Wildman–Crippen LogP) is 3.82. The second-order valence-corrected chi connectivity index (χ2v) is 6.86. The van der Waals surface area contributed by atoms with Crippen LogP contribution < -0.4 is 10.9 Å². The molecule has 0 fully saturated rings. The standard InChI is InChI=1S/C20H15F4N3O3/c1-27(20(29)25-9-2-3-12(21)13(22)4-9)17-8-30-7-16-18(17)10-5-14(23)15(24)6-11(10)19(28)26-16/h2-6,17H,7-8H2,1H3,(H,25,29)(H,26,28)/t17-/m0/s1. The fraction of sp³-hybridized carbons (Fsp3) is 0.200. The van der Waals surface area contributed by atoms with E-state index in [1.165, 1.54) is 18.0 Å². The number of hydrogen-bond donors (Lipinski definition) is 2. The number of benzene rings is 2. The van der Waals surface area contributed by atoms with Gasteiger partial charge in [0.15, 0.2) is 23.3 Å². The van der Waals surface area contributed by atoms with Gasteiger partial charge in [-0.25, -0.2) is 22.4 Å². The van der Waals surface area contributed by atoms with Crippen molar-refractivity contribution in [2.45, 2.75) is 12.6 Å². The molecule has 10 heteroatoms. The van der Waals surface area contributed by atoms with Crippen molar-refractivity contribution in [1.82, 2.24) is 9.88 Å². The number of anilines is 1. The number of carbonyl (C=O) groups excluding carboxylic acids is 1. The van der Waals surface area contributed by atoms with Crippen LogP contribution in [0.25, 0.3) is 10.8 Å². The number of H-pyrrole nitrogens is 1. The SMILES string of the molecule is CN(C(=O)Nc1ccc(F)c(F)c1)[C@H]1COCc2[nH]c(=O)c3cc(F)c(F)cc3c21. The van der Waals surface area contributed by atoms with Crippen molar-refractivity contribution in [2.75, 3.05) is 19.0 Å². The Morgan fingerprint density at radius 2 is 1.73 bits per heavy atom. The normalized spacial score (nSPS) is 15.7. The van der Waals surface area contributed by atoms with Crippen LogP contribution >= 0.6 is 0 Å². The molecular weight excluding hydrogens is 406 g/mol. The number of urea groups is 1. The van der Waals surface area contributed by atoms with Crippen LogP contribution in [0.4, 0.5) is 28.0 Å². The van der Waals surface area contributed by atoms with Crippen molar-refractivity contribution in [3.63, 3.8) is 0 Å².